The van der Waals surface area contributed by atoms with Crippen molar-refractivity contribution >= 4 is 0 Å². The van der Waals surface area contributed by atoms with Crippen molar-refractivity contribution in [2.75, 3.05) is 6.61 Å². The van der Waals surface area contributed by atoms with Gasteiger partial charge in [-0.3, -0.25) is 0 Å². The van der Waals surface area contributed by atoms with Crippen molar-refractivity contribution in [3.8, 4) is 11.5 Å². The highest BCUT2D eigenvalue weighted by molar-refractivity contribution is 5.56. The van der Waals surface area contributed by atoms with Gasteiger partial charge in [0, 0.05) is 13.5 Å². The first-order chi connectivity index (χ1) is 7.63. The second kappa shape index (κ2) is 4.14. The molecule has 0 unspecified atom stereocenters. The number of imidazole rings is 1. The molecule has 0 amide bonds. The van der Waals surface area contributed by atoms with E-state index in [-0.39, 0.29) is 6.61 Å². The molecule has 1 N–H and O–H groups in total. The van der Waals surface area contributed by atoms with Crippen LogP contribution in [0.2, 0.25) is 0 Å². The maximum Gasteiger partial charge on any atom is 0.152 e. The van der Waals surface area contributed by atoms with Crippen LogP contribution in [0, 0.1) is 13.8 Å². The van der Waals surface area contributed by atoms with Gasteiger partial charge >= 0.3 is 0 Å². The van der Waals surface area contributed by atoms with Gasteiger partial charge in [0.1, 0.15) is 17.3 Å². The molecule has 0 aliphatic rings. The summed E-state index contributed by atoms with van der Waals surface area (Å²) in [4.78, 5) is 4.43. The molecule has 2 rings (SSSR count). The van der Waals surface area contributed by atoms with Gasteiger partial charge in [-0.05, 0) is 26.0 Å². The van der Waals surface area contributed by atoms with Gasteiger partial charge in [0.05, 0.1) is 12.3 Å². The quantitative estimate of drug-likeness (QED) is 0.858. The summed E-state index contributed by atoms with van der Waals surface area (Å²) in [6.45, 7) is 3.98. The third kappa shape index (κ3) is 1.76. The van der Waals surface area contributed by atoms with E-state index in [1.807, 2.05) is 37.6 Å². The van der Waals surface area contributed by atoms with E-state index < -0.39 is 0 Å². The molecule has 2 heterocycles. The second-order valence-corrected chi connectivity index (χ2v) is 3.90. The molecular formula is C12H16N2O2. The minimum Gasteiger partial charge on any atom is -0.460 e. The summed E-state index contributed by atoms with van der Waals surface area (Å²) in [5.41, 5.74) is 1.91. The van der Waals surface area contributed by atoms with Crippen LogP contribution in [0.5, 0.6) is 0 Å². The Hall–Kier alpha value is -1.55. The Kier molecular flexibility index (Phi) is 2.83. The summed E-state index contributed by atoms with van der Waals surface area (Å²) in [6.07, 6.45) is 0.566. The molecular weight excluding hydrogens is 204 g/mol. The zero-order chi connectivity index (χ0) is 11.7. The highest BCUT2D eigenvalue weighted by atomic mass is 16.3. The van der Waals surface area contributed by atoms with Gasteiger partial charge in [-0.15, -0.1) is 0 Å². The monoisotopic (exact) mass is 220 g/mol. The first kappa shape index (κ1) is 11.0. The highest BCUT2D eigenvalue weighted by Crippen LogP contribution is 2.25. The van der Waals surface area contributed by atoms with Crippen molar-refractivity contribution in [3.05, 3.63) is 29.4 Å². The molecule has 0 saturated carbocycles. The molecule has 2 aromatic heterocycles. The van der Waals surface area contributed by atoms with E-state index in [4.69, 9.17) is 9.52 Å². The Balaban J connectivity index is 2.48. The normalized spacial score (nSPS) is 11.0. The number of rotatable bonds is 3. The predicted molar refractivity (Wildman–Crippen MR) is 61.2 cm³/mol. The number of aryl methyl sites for hydroxylation is 2. The van der Waals surface area contributed by atoms with E-state index >= 15 is 0 Å². The Morgan fingerprint density at radius 1 is 1.38 bits per heavy atom. The lowest BCUT2D eigenvalue weighted by atomic mass is 10.3. The summed E-state index contributed by atoms with van der Waals surface area (Å²) < 4.78 is 7.58. The second-order valence-electron chi connectivity index (χ2n) is 3.90. The number of aliphatic hydroxyl groups excluding tert-OH is 1. The first-order valence-corrected chi connectivity index (χ1v) is 5.33. The summed E-state index contributed by atoms with van der Waals surface area (Å²) in [5.74, 6) is 2.59. The number of aliphatic hydroxyl groups is 1. The number of furan rings is 1. The Morgan fingerprint density at radius 3 is 2.69 bits per heavy atom. The summed E-state index contributed by atoms with van der Waals surface area (Å²) >= 11 is 0. The van der Waals surface area contributed by atoms with Gasteiger partial charge in [0.15, 0.2) is 5.76 Å². The van der Waals surface area contributed by atoms with Crippen LogP contribution < -0.4 is 0 Å². The van der Waals surface area contributed by atoms with Crippen LogP contribution in [0.15, 0.2) is 16.5 Å². The Bertz CT molecular complexity index is 497. The molecule has 0 bridgehead atoms. The SMILES string of the molecule is Cc1ccc(-c2c(C)nc(CCO)n2C)o1. The largest absolute Gasteiger partial charge is 0.460 e. The molecule has 2 aromatic rings. The fourth-order valence-electron chi connectivity index (χ4n) is 1.92. The van der Waals surface area contributed by atoms with Crippen LogP contribution in [-0.2, 0) is 13.5 Å². The summed E-state index contributed by atoms with van der Waals surface area (Å²) in [7, 11) is 1.94. The number of nitrogens with zero attached hydrogens (tertiary/aromatic N) is 2. The summed E-state index contributed by atoms with van der Waals surface area (Å²) in [6, 6.07) is 3.88. The fourth-order valence-corrected chi connectivity index (χ4v) is 1.92. The maximum atomic E-state index is 8.94. The molecule has 4 nitrogen and oxygen atoms in total. The standard InChI is InChI=1S/C12H16N2O2/c1-8-4-5-10(16-8)12-9(2)13-11(6-7-15)14(12)3/h4-5,15H,6-7H2,1-3H3. The van der Waals surface area contributed by atoms with Crippen molar-refractivity contribution in [2.45, 2.75) is 20.3 Å². The molecule has 0 saturated heterocycles. The van der Waals surface area contributed by atoms with Crippen molar-refractivity contribution in [1.29, 1.82) is 0 Å². The van der Waals surface area contributed by atoms with Crippen LogP contribution in [0.1, 0.15) is 17.3 Å². The third-order valence-corrected chi connectivity index (χ3v) is 2.67. The molecule has 0 aliphatic heterocycles. The van der Waals surface area contributed by atoms with Gasteiger partial charge in [0.2, 0.25) is 0 Å². The first-order valence-electron chi connectivity index (χ1n) is 5.33. The minimum absolute atomic E-state index is 0.112. The lowest BCUT2D eigenvalue weighted by molar-refractivity contribution is 0.295. The van der Waals surface area contributed by atoms with Crippen molar-refractivity contribution in [2.24, 2.45) is 7.05 Å². The minimum atomic E-state index is 0.112. The van der Waals surface area contributed by atoms with Crippen LogP contribution in [0.4, 0.5) is 0 Å². The van der Waals surface area contributed by atoms with Gasteiger partial charge in [0.25, 0.3) is 0 Å². The molecule has 16 heavy (non-hydrogen) atoms. The Morgan fingerprint density at radius 2 is 2.12 bits per heavy atom. The van der Waals surface area contributed by atoms with Crippen molar-refractivity contribution in [1.82, 2.24) is 9.55 Å². The molecule has 4 heteroatoms. The maximum absolute atomic E-state index is 8.94. The van der Waals surface area contributed by atoms with E-state index in [2.05, 4.69) is 4.98 Å². The van der Waals surface area contributed by atoms with E-state index in [0.29, 0.717) is 6.42 Å². The number of hydrogen-bond acceptors (Lipinski definition) is 3. The Labute approximate surface area is 94.5 Å². The van der Waals surface area contributed by atoms with Crippen LogP contribution in [0.25, 0.3) is 11.5 Å². The zero-order valence-corrected chi connectivity index (χ0v) is 9.82. The van der Waals surface area contributed by atoms with E-state index in [0.717, 1.165) is 28.7 Å². The molecule has 0 aromatic carbocycles. The van der Waals surface area contributed by atoms with Crippen molar-refractivity contribution < 1.29 is 9.52 Å². The van der Waals surface area contributed by atoms with Gasteiger partial charge in [-0.2, -0.15) is 0 Å². The predicted octanol–water partition coefficient (Wildman–Crippen LogP) is 1.83. The van der Waals surface area contributed by atoms with E-state index in [1.165, 1.54) is 0 Å². The van der Waals surface area contributed by atoms with Gasteiger partial charge in [-0.25, -0.2) is 4.98 Å². The lowest BCUT2D eigenvalue weighted by Crippen LogP contribution is -2.01. The average Bonchev–Trinajstić information content (AvgIpc) is 2.74. The molecule has 0 radical (unpaired) electrons. The van der Waals surface area contributed by atoms with Gasteiger partial charge < -0.3 is 14.1 Å². The molecule has 86 valence electrons. The number of hydrogen-bond donors (Lipinski definition) is 1. The van der Waals surface area contributed by atoms with Crippen LogP contribution >= 0.6 is 0 Å². The average molecular weight is 220 g/mol. The molecule has 0 aliphatic carbocycles. The topological polar surface area (TPSA) is 51.2 Å². The molecule has 0 fully saturated rings. The molecule has 0 spiro atoms. The third-order valence-electron chi connectivity index (χ3n) is 2.67. The fraction of sp³-hybridized carbons (Fsp3) is 0.417. The van der Waals surface area contributed by atoms with Crippen LogP contribution in [0.3, 0.4) is 0 Å². The summed E-state index contributed by atoms with van der Waals surface area (Å²) in [5, 5.41) is 8.94. The van der Waals surface area contributed by atoms with Crippen molar-refractivity contribution in [3.63, 3.8) is 0 Å². The molecule has 0 atom stereocenters. The van der Waals surface area contributed by atoms with Gasteiger partial charge in [-0.1, -0.05) is 0 Å². The van der Waals surface area contributed by atoms with Crippen LogP contribution in [-0.4, -0.2) is 21.3 Å². The van der Waals surface area contributed by atoms with E-state index in [9.17, 15) is 0 Å². The van der Waals surface area contributed by atoms with E-state index in [1.54, 1.807) is 0 Å². The highest BCUT2D eigenvalue weighted by Gasteiger charge is 2.15. The zero-order valence-electron chi connectivity index (χ0n) is 9.82. The number of aromatic nitrogens is 2. The smallest absolute Gasteiger partial charge is 0.152 e. The lowest BCUT2D eigenvalue weighted by Gasteiger charge is -2.03.